The summed E-state index contributed by atoms with van der Waals surface area (Å²) in [5.74, 6) is 5.29. The zero-order valence-electron chi connectivity index (χ0n) is 33.2. The van der Waals surface area contributed by atoms with E-state index in [0.717, 1.165) is 34.7 Å². The molecule has 6 aromatic carbocycles. The average molecular weight is 730 g/mol. The van der Waals surface area contributed by atoms with Gasteiger partial charge in [-0.3, -0.25) is 0 Å². The van der Waals surface area contributed by atoms with Crippen molar-refractivity contribution in [2.24, 2.45) is 29.1 Å². The quantitative estimate of drug-likeness (QED) is 0.175. The van der Waals surface area contributed by atoms with Crippen LogP contribution in [0.3, 0.4) is 0 Å². The van der Waals surface area contributed by atoms with E-state index in [0.29, 0.717) is 17.3 Å². The Balaban J connectivity index is 1.04. The van der Waals surface area contributed by atoms with Gasteiger partial charge in [-0.2, -0.15) is 0 Å². The first-order valence-electron chi connectivity index (χ1n) is 21.3. The molecule has 12 rings (SSSR count). The summed E-state index contributed by atoms with van der Waals surface area (Å²) in [6.07, 6.45) is 8.03. The summed E-state index contributed by atoms with van der Waals surface area (Å²) in [6.45, 7) is 9.71. The lowest BCUT2D eigenvalue weighted by Gasteiger charge is -2.77. The van der Waals surface area contributed by atoms with E-state index in [1.807, 2.05) is 0 Å². The second-order valence-electron chi connectivity index (χ2n) is 19.6. The van der Waals surface area contributed by atoms with E-state index < -0.39 is 0 Å². The molecule has 6 aromatic rings. The molecule has 278 valence electrons. The molecule has 6 aliphatic rings. The third-order valence-corrected chi connectivity index (χ3v) is 16.2. The summed E-state index contributed by atoms with van der Waals surface area (Å²) in [5.41, 5.74) is 15.3. The first-order chi connectivity index (χ1) is 27.2. The molecule has 1 heterocycles. The molecule has 0 radical (unpaired) electrons. The Morgan fingerprint density at radius 2 is 1.14 bits per heavy atom. The van der Waals surface area contributed by atoms with E-state index in [2.05, 4.69) is 172 Å². The van der Waals surface area contributed by atoms with Crippen LogP contribution in [-0.2, 0) is 16.2 Å². The van der Waals surface area contributed by atoms with Crippen LogP contribution in [0, 0.1) is 29.1 Å². The molecule has 1 aliphatic heterocycles. The number of rotatable bonds is 5. The van der Waals surface area contributed by atoms with Gasteiger partial charge in [-0.1, -0.05) is 125 Å². The normalized spacial score (nSPS) is 28.9. The predicted octanol–water partition coefficient (Wildman–Crippen LogP) is 14.3. The molecule has 5 aliphatic carbocycles. The zero-order valence-corrected chi connectivity index (χ0v) is 33.2. The summed E-state index contributed by atoms with van der Waals surface area (Å²) >= 11 is 0. The second kappa shape index (κ2) is 11.3. The molecule has 2 spiro atoms. The van der Waals surface area contributed by atoms with Gasteiger partial charge in [-0.25, -0.2) is 0 Å². The number of ether oxygens (including phenoxy) is 1. The lowest BCUT2D eigenvalue weighted by Crippen LogP contribution is -2.74. The molecule has 0 amide bonds. The van der Waals surface area contributed by atoms with Crippen LogP contribution in [0.25, 0.3) is 22.3 Å². The maximum Gasteiger partial charge on any atom is 0.133 e. The van der Waals surface area contributed by atoms with Crippen molar-refractivity contribution in [2.45, 2.75) is 82.5 Å². The smallest absolute Gasteiger partial charge is 0.133 e. The number of hydrogen-bond acceptors (Lipinski definition) is 2. The topological polar surface area (TPSA) is 12.5 Å². The molecule has 56 heavy (non-hydrogen) atoms. The minimum Gasteiger partial charge on any atom is -0.457 e. The second-order valence-corrected chi connectivity index (χ2v) is 19.6. The number of nitrogens with zero attached hydrogens (tertiary/aromatic N) is 1. The minimum absolute atomic E-state index is 0.0108. The van der Waals surface area contributed by atoms with Crippen LogP contribution in [0.4, 0.5) is 17.1 Å². The molecule has 6 unspecified atom stereocenters. The average Bonchev–Trinajstić information content (AvgIpc) is 3.76. The highest BCUT2D eigenvalue weighted by Crippen LogP contribution is 2.89. The molecule has 2 bridgehead atoms. The molecule has 0 saturated heterocycles. The van der Waals surface area contributed by atoms with Gasteiger partial charge >= 0.3 is 0 Å². The van der Waals surface area contributed by atoms with Crippen LogP contribution in [0.5, 0.6) is 11.5 Å². The van der Waals surface area contributed by atoms with E-state index in [4.69, 9.17) is 4.74 Å². The van der Waals surface area contributed by atoms with Crippen LogP contribution in [-0.4, -0.2) is 0 Å². The SMILES string of the molecule is CC1(C)CCC(C)(C)c2cc(N(c3ccc(-c4ccccc4)cc3)c3ccc4c(c3)Oc3cccc(-c5ccccc5)c3C43C4CC5CC6CC3C64C5)ccc21. The Morgan fingerprint density at radius 1 is 0.518 bits per heavy atom. The molecular weight excluding hydrogens is 679 g/mol. The third-order valence-electron chi connectivity index (χ3n) is 16.2. The van der Waals surface area contributed by atoms with Crippen LogP contribution < -0.4 is 9.64 Å². The zero-order chi connectivity index (χ0) is 37.6. The summed E-state index contributed by atoms with van der Waals surface area (Å²) in [7, 11) is 0. The van der Waals surface area contributed by atoms with E-state index in [-0.39, 0.29) is 16.2 Å². The number of hydrogen-bond donors (Lipinski definition) is 0. The lowest BCUT2D eigenvalue weighted by atomic mass is 9.26. The Morgan fingerprint density at radius 3 is 1.88 bits per heavy atom. The molecule has 0 N–H and O–H groups in total. The van der Waals surface area contributed by atoms with Gasteiger partial charge in [0.25, 0.3) is 0 Å². The maximum absolute atomic E-state index is 7.23. The Bertz CT molecular complexity index is 2550. The molecule has 2 heteroatoms. The third kappa shape index (κ3) is 4.23. The van der Waals surface area contributed by atoms with Crippen LogP contribution in [0.2, 0.25) is 0 Å². The van der Waals surface area contributed by atoms with Gasteiger partial charge in [-0.15, -0.1) is 0 Å². The molecule has 0 aromatic heterocycles. The minimum atomic E-state index is -0.0108. The fraction of sp³-hybridized carbons (Fsp3) is 0.333. The standard InChI is InChI=1S/C54H51NO/c1-51(2)26-27-52(3,4)45-31-40(22-24-43(45)51)55(39-20-18-36(19-21-39)35-12-7-5-8-13-35)41-23-25-44-47(32-41)56-46-17-11-16-42(37-14-9-6-10-15-37)50(46)54(44)48-29-34-28-38-30-49(54)53(38,48)33-34/h5-25,31-32,34,38,48-49H,26-30,33H2,1-4H3. The van der Waals surface area contributed by atoms with Crippen molar-refractivity contribution in [3.05, 3.63) is 162 Å². The van der Waals surface area contributed by atoms with Crippen molar-refractivity contribution in [3.8, 4) is 33.8 Å². The fourth-order valence-electron chi connectivity index (χ4n) is 13.8. The highest BCUT2D eigenvalue weighted by Gasteiger charge is 2.84. The van der Waals surface area contributed by atoms with Crippen molar-refractivity contribution >= 4 is 17.1 Å². The van der Waals surface area contributed by atoms with Crippen molar-refractivity contribution in [1.29, 1.82) is 0 Å². The number of benzene rings is 6. The van der Waals surface area contributed by atoms with Gasteiger partial charge in [0.05, 0.1) is 0 Å². The van der Waals surface area contributed by atoms with Crippen molar-refractivity contribution in [2.75, 3.05) is 4.90 Å². The number of anilines is 3. The van der Waals surface area contributed by atoms with Crippen molar-refractivity contribution in [1.82, 2.24) is 0 Å². The maximum atomic E-state index is 7.23. The predicted molar refractivity (Wildman–Crippen MR) is 229 cm³/mol. The Labute approximate surface area is 332 Å². The van der Waals surface area contributed by atoms with E-state index in [9.17, 15) is 0 Å². The first-order valence-corrected chi connectivity index (χ1v) is 21.3. The summed E-state index contributed by atoms with van der Waals surface area (Å²) in [5, 5.41) is 0. The van der Waals surface area contributed by atoms with Crippen molar-refractivity contribution < 1.29 is 4.74 Å². The van der Waals surface area contributed by atoms with Crippen LogP contribution in [0.15, 0.2) is 140 Å². The highest BCUT2D eigenvalue weighted by atomic mass is 16.5. The molecule has 4 fully saturated rings. The van der Waals surface area contributed by atoms with Gasteiger partial charge in [-0.05, 0) is 148 Å². The van der Waals surface area contributed by atoms with Gasteiger partial charge in [0.1, 0.15) is 11.5 Å². The van der Waals surface area contributed by atoms with Crippen molar-refractivity contribution in [3.63, 3.8) is 0 Å². The first kappa shape index (κ1) is 33.1. The summed E-state index contributed by atoms with van der Waals surface area (Å²) in [4.78, 5) is 2.48. The summed E-state index contributed by atoms with van der Waals surface area (Å²) < 4.78 is 7.23. The van der Waals surface area contributed by atoms with E-state index in [1.165, 1.54) is 88.7 Å². The molecule has 6 atom stereocenters. The monoisotopic (exact) mass is 729 g/mol. The van der Waals surface area contributed by atoms with Gasteiger partial charge in [0.2, 0.25) is 0 Å². The molecule has 2 nitrogen and oxygen atoms in total. The lowest BCUT2D eigenvalue weighted by molar-refractivity contribution is -0.234. The largest absolute Gasteiger partial charge is 0.457 e. The van der Waals surface area contributed by atoms with Gasteiger partial charge in [0, 0.05) is 39.7 Å². The summed E-state index contributed by atoms with van der Waals surface area (Å²) in [6, 6.07) is 52.5. The van der Waals surface area contributed by atoms with E-state index in [1.54, 1.807) is 0 Å². The van der Waals surface area contributed by atoms with Gasteiger partial charge < -0.3 is 9.64 Å². The van der Waals surface area contributed by atoms with E-state index >= 15 is 0 Å². The molecule has 4 saturated carbocycles. The fourth-order valence-corrected chi connectivity index (χ4v) is 13.8. The number of fused-ring (bicyclic) bond motifs is 8. The Kier molecular flexibility index (Phi) is 6.67. The van der Waals surface area contributed by atoms with Gasteiger partial charge in [0.15, 0.2) is 0 Å². The molecular formula is C54H51NO. The Hall–Kier alpha value is -5.08. The van der Waals surface area contributed by atoms with Crippen LogP contribution in [0.1, 0.15) is 88.5 Å². The van der Waals surface area contributed by atoms with Crippen LogP contribution >= 0.6 is 0 Å². The highest BCUT2D eigenvalue weighted by molar-refractivity contribution is 5.83.